The van der Waals surface area contributed by atoms with Gasteiger partial charge < -0.3 is 4.74 Å². The van der Waals surface area contributed by atoms with Gasteiger partial charge in [0.25, 0.3) is 5.91 Å². The van der Waals surface area contributed by atoms with E-state index >= 15 is 0 Å². The molecule has 0 aromatic heterocycles. The Bertz CT molecular complexity index is 726. The van der Waals surface area contributed by atoms with Crippen LogP contribution < -0.4 is 10.2 Å². The summed E-state index contributed by atoms with van der Waals surface area (Å²) in [5.41, 5.74) is 8.30. The minimum atomic E-state index is -0.281. The standard InChI is InChI=1S/C21H26N2O2/c1-5-6-18-7-9-19(10-8-18)25-14-21(24)23-22-13-20-16(3)11-15(2)12-17(20)4/h7-13H,5-6,14H2,1-4H3,(H,23,24)/b22-13-. The Labute approximate surface area is 149 Å². The Kier molecular flexibility index (Phi) is 6.75. The predicted octanol–water partition coefficient (Wildman–Crippen LogP) is 4.09. The summed E-state index contributed by atoms with van der Waals surface area (Å²) < 4.78 is 5.48. The molecular formula is C21H26N2O2. The first kappa shape index (κ1) is 18.7. The van der Waals surface area contributed by atoms with E-state index in [0.29, 0.717) is 5.75 Å². The fourth-order valence-electron chi connectivity index (χ4n) is 2.79. The zero-order valence-corrected chi connectivity index (χ0v) is 15.4. The van der Waals surface area contributed by atoms with Crippen molar-refractivity contribution >= 4 is 12.1 Å². The monoisotopic (exact) mass is 338 g/mol. The van der Waals surface area contributed by atoms with E-state index in [4.69, 9.17) is 4.74 Å². The van der Waals surface area contributed by atoms with Crippen LogP contribution in [-0.4, -0.2) is 18.7 Å². The molecule has 1 amide bonds. The third kappa shape index (κ3) is 5.75. The maximum Gasteiger partial charge on any atom is 0.277 e. The number of hydrogen-bond acceptors (Lipinski definition) is 3. The molecule has 25 heavy (non-hydrogen) atoms. The van der Waals surface area contributed by atoms with Gasteiger partial charge in [0.05, 0.1) is 6.21 Å². The van der Waals surface area contributed by atoms with Crippen molar-refractivity contribution in [3.8, 4) is 5.75 Å². The molecule has 0 aliphatic rings. The predicted molar refractivity (Wildman–Crippen MR) is 102 cm³/mol. The molecule has 0 heterocycles. The molecule has 2 rings (SSSR count). The lowest BCUT2D eigenvalue weighted by Gasteiger charge is -2.07. The van der Waals surface area contributed by atoms with Crippen molar-refractivity contribution < 1.29 is 9.53 Å². The molecule has 0 unspecified atom stereocenters. The molecule has 4 heteroatoms. The number of aryl methyl sites for hydroxylation is 4. The summed E-state index contributed by atoms with van der Waals surface area (Å²) in [4.78, 5) is 11.9. The Hall–Kier alpha value is -2.62. The molecule has 2 aromatic carbocycles. The molecule has 0 saturated heterocycles. The van der Waals surface area contributed by atoms with Crippen LogP contribution in [0.5, 0.6) is 5.75 Å². The fraction of sp³-hybridized carbons (Fsp3) is 0.333. The number of ether oxygens (including phenoxy) is 1. The van der Waals surface area contributed by atoms with Crippen LogP contribution >= 0.6 is 0 Å². The molecule has 0 aliphatic carbocycles. The van der Waals surface area contributed by atoms with Crippen LogP contribution in [0.25, 0.3) is 0 Å². The molecule has 2 aromatic rings. The van der Waals surface area contributed by atoms with E-state index in [9.17, 15) is 4.79 Å². The number of nitrogens with one attached hydrogen (secondary N) is 1. The molecule has 0 radical (unpaired) electrons. The highest BCUT2D eigenvalue weighted by molar-refractivity contribution is 5.85. The molecule has 0 fully saturated rings. The van der Waals surface area contributed by atoms with Crippen molar-refractivity contribution in [1.29, 1.82) is 0 Å². The molecule has 4 nitrogen and oxygen atoms in total. The van der Waals surface area contributed by atoms with Crippen LogP contribution in [0.15, 0.2) is 41.5 Å². The lowest BCUT2D eigenvalue weighted by molar-refractivity contribution is -0.123. The summed E-state index contributed by atoms with van der Waals surface area (Å²) in [5.74, 6) is 0.403. The van der Waals surface area contributed by atoms with E-state index < -0.39 is 0 Å². The van der Waals surface area contributed by atoms with Crippen molar-refractivity contribution in [2.45, 2.75) is 40.5 Å². The number of amides is 1. The van der Waals surface area contributed by atoms with Gasteiger partial charge in [-0.25, -0.2) is 5.43 Å². The van der Waals surface area contributed by atoms with Gasteiger partial charge in [-0.15, -0.1) is 0 Å². The highest BCUT2D eigenvalue weighted by Crippen LogP contribution is 2.14. The highest BCUT2D eigenvalue weighted by atomic mass is 16.5. The van der Waals surface area contributed by atoms with Crippen LogP contribution in [0.1, 0.15) is 41.2 Å². The summed E-state index contributed by atoms with van der Waals surface area (Å²) in [7, 11) is 0. The number of benzene rings is 2. The second kappa shape index (κ2) is 9.02. The van der Waals surface area contributed by atoms with E-state index in [0.717, 1.165) is 29.5 Å². The van der Waals surface area contributed by atoms with Crippen LogP contribution in [0.4, 0.5) is 0 Å². The van der Waals surface area contributed by atoms with Crippen LogP contribution in [0.3, 0.4) is 0 Å². The van der Waals surface area contributed by atoms with E-state index in [1.54, 1.807) is 6.21 Å². The Balaban J connectivity index is 1.84. The summed E-state index contributed by atoms with van der Waals surface area (Å²) >= 11 is 0. The van der Waals surface area contributed by atoms with Gasteiger partial charge in [-0.05, 0) is 56.0 Å². The second-order valence-electron chi connectivity index (χ2n) is 6.29. The molecular weight excluding hydrogens is 312 g/mol. The summed E-state index contributed by atoms with van der Waals surface area (Å²) in [6.45, 7) is 8.23. The smallest absolute Gasteiger partial charge is 0.277 e. The van der Waals surface area contributed by atoms with E-state index in [1.807, 2.05) is 38.1 Å². The van der Waals surface area contributed by atoms with Gasteiger partial charge in [-0.2, -0.15) is 5.10 Å². The van der Waals surface area contributed by atoms with Crippen LogP contribution in [0, 0.1) is 20.8 Å². The zero-order valence-electron chi connectivity index (χ0n) is 15.4. The average Bonchev–Trinajstić information content (AvgIpc) is 2.57. The van der Waals surface area contributed by atoms with Crippen LogP contribution in [0.2, 0.25) is 0 Å². The maximum atomic E-state index is 11.9. The SMILES string of the molecule is CCCc1ccc(OCC(=O)N/N=C\c2c(C)cc(C)cc2C)cc1. The van der Waals surface area contributed by atoms with Crippen LogP contribution in [-0.2, 0) is 11.2 Å². The number of nitrogens with zero attached hydrogens (tertiary/aromatic N) is 1. The Morgan fingerprint density at radius 1 is 1.12 bits per heavy atom. The third-order valence-corrected chi connectivity index (χ3v) is 3.95. The Morgan fingerprint density at radius 3 is 2.36 bits per heavy atom. The fourth-order valence-corrected chi connectivity index (χ4v) is 2.79. The van der Waals surface area contributed by atoms with Crippen molar-refractivity contribution in [3.63, 3.8) is 0 Å². The van der Waals surface area contributed by atoms with Crippen molar-refractivity contribution in [1.82, 2.24) is 5.43 Å². The van der Waals surface area contributed by atoms with Crippen molar-refractivity contribution in [3.05, 3.63) is 64.2 Å². The normalized spacial score (nSPS) is 10.9. The van der Waals surface area contributed by atoms with Crippen molar-refractivity contribution in [2.75, 3.05) is 6.61 Å². The molecule has 132 valence electrons. The molecule has 0 spiro atoms. The van der Waals surface area contributed by atoms with Crippen molar-refractivity contribution in [2.24, 2.45) is 5.10 Å². The van der Waals surface area contributed by atoms with E-state index in [2.05, 4.69) is 36.5 Å². The van der Waals surface area contributed by atoms with Gasteiger partial charge in [0, 0.05) is 5.56 Å². The minimum Gasteiger partial charge on any atom is -0.484 e. The molecule has 0 aliphatic heterocycles. The quantitative estimate of drug-likeness (QED) is 0.610. The highest BCUT2D eigenvalue weighted by Gasteiger charge is 2.03. The second-order valence-corrected chi connectivity index (χ2v) is 6.29. The first-order chi connectivity index (χ1) is 12.0. The van der Waals surface area contributed by atoms with E-state index in [1.165, 1.54) is 11.1 Å². The topological polar surface area (TPSA) is 50.7 Å². The number of hydrazone groups is 1. The molecule has 0 atom stereocenters. The number of rotatable bonds is 7. The Morgan fingerprint density at radius 2 is 1.76 bits per heavy atom. The lowest BCUT2D eigenvalue weighted by atomic mass is 10.0. The van der Waals surface area contributed by atoms with Gasteiger partial charge in [-0.3, -0.25) is 4.79 Å². The number of hydrogen-bond donors (Lipinski definition) is 1. The van der Waals surface area contributed by atoms with Gasteiger partial charge in [0.15, 0.2) is 6.61 Å². The number of carbonyl (C=O) groups is 1. The average molecular weight is 338 g/mol. The minimum absolute atomic E-state index is 0.0592. The molecule has 0 bridgehead atoms. The maximum absolute atomic E-state index is 11.9. The van der Waals surface area contributed by atoms with Gasteiger partial charge in [-0.1, -0.05) is 43.2 Å². The summed E-state index contributed by atoms with van der Waals surface area (Å²) in [5, 5.41) is 4.04. The molecule has 1 N–H and O–H groups in total. The first-order valence-corrected chi connectivity index (χ1v) is 8.61. The zero-order chi connectivity index (χ0) is 18.2. The third-order valence-electron chi connectivity index (χ3n) is 3.95. The van der Waals surface area contributed by atoms with Gasteiger partial charge >= 0.3 is 0 Å². The van der Waals surface area contributed by atoms with Gasteiger partial charge in [0.2, 0.25) is 0 Å². The largest absolute Gasteiger partial charge is 0.484 e. The van der Waals surface area contributed by atoms with E-state index in [-0.39, 0.29) is 12.5 Å². The first-order valence-electron chi connectivity index (χ1n) is 8.61. The lowest BCUT2D eigenvalue weighted by Crippen LogP contribution is -2.24. The molecule has 0 saturated carbocycles. The summed E-state index contributed by atoms with van der Waals surface area (Å²) in [6, 6.07) is 12.0. The number of carbonyl (C=O) groups excluding carboxylic acids is 1. The summed E-state index contributed by atoms with van der Waals surface area (Å²) in [6.07, 6.45) is 3.84. The van der Waals surface area contributed by atoms with Gasteiger partial charge in [0.1, 0.15) is 5.75 Å².